The molecule has 0 bridgehead atoms. The van der Waals surface area contributed by atoms with Crippen LogP contribution < -0.4 is 10.1 Å². The van der Waals surface area contributed by atoms with E-state index in [4.69, 9.17) is 16.3 Å². The first kappa shape index (κ1) is 15.6. The van der Waals surface area contributed by atoms with E-state index < -0.39 is 0 Å². The minimum absolute atomic E-state index is 0.316. The van der Waals surface area contributed by atoms with Gasteiger partial charge in [0.1, 0.15) is 12.4 Å². The first-order valence-electron chi connectivity index (χ1n) is 6.90. The predicted molar refractivity (Wildman–Crippen MR) is 86.5 cm³/mol. The Labute approximate surface area is 130 Å². The molecule has 5 heteroatoms. The molecular weight excluding hydrogens is 286 g/mol. The molecule has 0 radical (unpaired) electrons. The number of hydrogen-bond acceptors (Lipinski definition) is 3. The van der Waals surface area contributed by atoms with Gasteiger partial charge in [0.15, 0.2) is 0 Å². The molecule has 0 amide bonds. The summed E-state index contributed by atoms with van der Waals surface area (Å²) in [5.41, 5.74) is 3.24. The molecule has 0 atom stereocenters. The second-order valence-corrected chi connectivity index (χ2v) is 5.32. The summed E-state index contributed by atoms with van der Waals surface area (Å²) >= 11 is 5.69. The van der Waals surface area contributed by atoms with E-state index in [-0.39, 0.29) is 0 Å². The maximum absolute atomic E-state index is 5.69. The van der Waals surface area contributed by atoms with Crippen LogP contribution in [-0.4, -0.2) is 22.9 Å². The van der Waals surface area contributed by atoms with Gasteiger partial charge in [-0.25, -0.2) is 0 Å². The number of hydrogen-bond donors (Lipinski definition) is 1. The predicted octanol–water partition coefficient (Wildman–Crippen LogP) is 3.33. The molecule has 21 heavy (non-hydrogen) atoms. The zero-order chi connectivity index (χ0) is 15.2. The van der Waals surface area contributed by atoms with Crippen LogP contribution in [0.4, 0.5) is 0 Å². The number of ether oxygens (including phenoxy) is 1. The number of benzene rings is 1. The maximum Gasteiger partial charge on any atom is 0.123 e. The molecule has 0 aliphatic heterocycles. The van der Waals surface area contributed by atoms with E-state index in [1.807, 2.05) is 42.2 Å². The normalized spacial score (nSPS) is 10.6. The molecule has 1 aromatic heterocycles. The quantitative estimate of drug-likeness (QED) is 0.853. The van der Waals surface area contributed by atoms with Crippen molar-refractivity contribution in [1.29, 1.82) is 0 Å². The highest BCUT2D eigenvalue weighted by atomic mass is 35.5. The maximum atomic E-state index is 5.69. The average molecular weight is 306 g/mol. The van der Waals surface area contributed by atoms with Crippen molar-refractivity contribution in [3.63, 3.8) is 0 Å². The van der Waals surface area contributed by atoms with Crippen LogP contribution in [-0.2, 0) is 13.6 Å². The smallest absolute Gasteiger partial charge is 0.123 e. The second kappa shape index (κ2) is 7.29. The summed E-state index contributed by atoms with van der Waals surface area (Å²) in [6.45, 7) is 7.75. The van der Waals surface area contributed by atoms with E-state index in [0.717, 1.165) is 30.1 Å². The van der Waals surface area contributed by atoms with E-state index in [2.05, 4.69) is 23.9 Å². The SMILES string of the molecule is C=C(Cl)COc1ccc(-c2nn(C)cc2CNCC)cc1. The average Bonchev–Trinajstić information content (AvgIpc) is 2.84. The van der Waals surface area contributed by atoms with Crippen LogP contribution in [0, 0.1) is 0 Å². The van der Waals surface area contributed by atoms with Crippen molar-refractivity contribution in [2.75, 3.05) is 13.2 Å². The number of nitrogens with zero attached hydrogens (tertiary/aromatic N) is 2. The van der Waals surface area contributed by atoms with Gasteiger partial charge in [-0.2, -0.15) is 5.10 Å². The van der Waals surface area contributed by atoms with Gasteiger partial charge in [-0.05, 0) is 30.8 Å². The summed E-state index contributed by atoms with van der Waals surface area (Å²) in [5.74, 6) is 0.768. The van der Waals surface area contributed by atoms with Crippen LogP contribution in [0.15, 0.2) is 42.1 Å². The molecule has 1 heterocycles. The summed E-state index contributed by atoms with van der Waals surface area (Å²) in [4.78, 5) is 0. The summed E-state index contributed by atoms with van der Waals surface area (Å²) < 4.78 is 7.33. The van der Waals surface area contributed by atoms with Gasteiger partial charge in [0.25, 0.3) is 0 Å². The molecule has 0 saturated heterocycles. The van der Waals surface area contributed by atoms with Crippen molar-refractivity contribution < 1.29 is 4.74 Å². The summed E-state index contributed by atoms with van der Waals surface area (Å²) in [6, 6.07) is 7.84. The fraction of sp³-hybridized carbons (Fsp3) is 0.312. The molecule has 1 N–H and O–H groups in total. The van der Waals surface area contributed by atoms with Crippen LogP contribution in [0.2, 0.25) is 0 Å². The monoisotopic (exact) mass is 305 g/mol. The Bertz CT molecular complexity index is 604. The molecule has 2 rings (SSSR count). The lowest BCUT2D eigenvalue weighted by Gasteiger charge is -2.06. The topological polar surface area (TPSA) is 39.1 Å². The Morgan fingerprint density at radius 3 is 2.71 bits per heavy atom. The van der Waals surface area contributed by atoms with E-state index in [1.165, 1.54) is 5.56 Å². The lowest BCUT2D eigenvalue weighted by Crippen LogP contribution is -2.11. The highest BCUT2D eigenvalue weighted by molar-refractivity contribution is 6.29. The lowest BCUT2D eigenvalue weighted by atomic mass is 10.1. The standard InChI is InChI=1S/C16H20ClN3O/c1-4-18-9-14-10-20(3)19-16(14)13-5-7-15(8-6-13)21-11-12(2)17/h5-8,10,18H,2,4,9,11H2,1,3H3. The van der Waals surface area contributed by atoms with Crippen molar-refractivity contribution in [3.8, 4) is 17.0 Å². The number of halogens is 1. The van der Waals surface area contributed by atoms with Crippen LogP contribution >= 0.6 is 11.6 Å². The van der Waals surface area contributed by atoms with Gasteiger partial charge in [-0.15, -0.1) is 0 Å². The van der Waals surface area contributed by atoms with Gasteiger partial charge in [0, 0.05) is 35.9 Å². The van der Waals surface area contributed by atoms with E-state index in [0.29, 0.717) is 11.6 Å². The van der Waals surface area contributed by atoms with Gasteiger partial charge in [-0.3, -0.25) is 4.68 Å². The number of rotatable bonds is 7. The Balaban J connectivity index is 2.16. The van der Waals surface area contributed by atoms with Crippen LogP contribution in [0.25, 0.3) is 11.3 Å². The van der Waals surface area contributed by atoms with Crippen molar-refractivity contribution in [1.82, 2.24) is 15.1 Å². The third-order valence-electron chi connectivity index (χ3n) is 2.99. The molecule has 112 valence electrons. The van der Waals surface area contributed by atoms with Gasteiger partial charge in [0.2, 0.25) is 0 Å². The van der Waals surface area contributed by atoms with Crippen LogP contribution in [0.1, 0.15) is 12.5 Å². The number of aryl methyl sites for hydroxylation is 1. The first-order chi connectivity index (χ1) is 10.1. The van der Waals surface area contributed by atoms with Gasteiger partial charge in [0.05, 0.1) is 5.69 Å². The van der Waals surface area contributed by atoms with Crippen LogP contribution in [0.3, 0.4) is 0 Å². The molecule has 0 saturated carbocycles. The second-order valence-electron chi connectivity index (χ2n) is 4.79. The highest BCUT2D eigenvalue weighted by Gasteiger charge is 2.09. The molecule has 0 fully saturated rings. The summed E-state index contributed by atoms with van der Waals surface area (Å²) in [5, 5.41) is 8.35. The minimum atomic E-state index is 0.316. The largest absolute Gasteiger partial charge is 0.488 e. The molecule has 0 spiro atoms. The van der Waals surface area contributed by atoms with Crippen molar-refractivity contribution >= 4 is 11.6 Å². The molecule has 0 aliphatic rings. The molecule has 2 aromatic rings. The Morgan fingerprint density at radius 1 is 1.38 bits per heavy atom. The van der Waals surface area contributed by atoms with Gasteiger partial charge < -0.3 is 10.1 Å². The van der Waals surface area contributed by atoms with Crippen molar-refractivity contribution in [3.05, 3.63) is 47.6 Å². The highest BCUT2D eigenvalue weighted by Crippen LogP contribution is 2.24. The first-order valence-corrected chi connectivity index (χ1v) is 7.27. The van der Waals surface area contributed by atoms with Gasteiger partial charge >= 0.3 is 0 Å². The third-order valence-corrected chi connectivity index (χ3v) is 3.10. The minimum Gasteiger partial charge on any atom is -0.488 e. The van der Waals surface area contributed by atoms with E-state index in [9.17, 15) is 0 Å². The van der Waals surface area contributed by atoms with E-state index >= 15 is 0 Å². The number of nitrogens with one attached hydrogen (secondary N) is 1. The zero-order valence-electron chi connectivity index (χ0n) is 12.4. The molecular formula is C16H20ClN3O. The third kappa shape index (κ3) is 4.34. The Kier molecular flexibility index (Phi) is 5.42. The fourth-order valence-electron chi connectivity index (χ4n) is 2.04. The molecule has 0 aliphatic carbocycles. The molecule has 4 nitrogen and oxygen atoms in total. The number of aromatic nitrogens is 2. The Hall–Kier alpha value is -1.78. The van der Waals surface area contributed by atoms with Crippen LogP contribution in [0.5, 0.6) is 5.75 Å². The van der Waals surface area contributed by atoms with Gasteiger partial charge in [-0.1, -0.05) is 25.1 Å². The lowest BCUT2D eigenvalue weighted by molar-refractivity contribution is 0.359. The van der Waals surface area contributed by atoms with Crippen molar-refractivity contribution in [2.24, 2.45) is 7.05 Å². The zero-order valence-corrected chi connectivity index (χ0v) is 13.2. The summed E-state index contributed by atoms with van der Waals surface area (Å²) in [6.07, 6.45) is 2.04. The fourth-order valence-corrected chi connectivity index (χ4v) is 2.09. The molecule has 0 unspecified atom stereocenters. The van der Waals surface area contributed by atoms with Crippen molar-refractivity contribution in [2.45, 2.75) is 13.5 Å². The Morgan fingerprint density at radius 2 is 2.10 bits per heavy atom. The summed E-state index contributed by atoms with van der Waals surface area (Å²) in [7, 11) is 1.93. The molecule has 1 aromatic carbocycles. The van der Waals surface area contributed by atoms with E-state index in [1.54, 1.807) is 0 Å².